The van der Waals surface area contributed by atoms with Gasteiger partial charge in [-0.25, -0.2) is 4.98 Å². The van der Waals surface area contributed by atoms with Crippen LogP contribution >= 0.6 is 0 Å². The van der Waals surface area contributed by atoms with Crippen LogP contribution in [0.1, 0.15) is 118 Å². The van der Waals surface area contributed by atoms with Crippen LogP contribution in [0.5, 0.6) is 11.5 Å². The molecule has 342 valence electrons. The zero-order chi connectivity index (χ0) is 46.2. The number of pyridine rings is 1. The van der Waals surface area contributed by atoms with Crippen molar-refractivity contribution in [2.45, 2.75) is 112 Å². The third-order valence-corrected chi connectivity index (χ3v) is 13.9. The molecular formula is C60H63N4OPt-3. The molecule has 0 saturated heterocycles. The molecule has 0 spiro atoms. The van der Waals surface area contributed by atoms with Gasteiger partial charge in [-0.15, -0.1) is 53.6 Å². The topological polar surface area (TPSA) is 33.5 Å². The van der Waals surface area contributed by atoms with Gasteiger partial charge in [-0.2, -0.15) is 6.07 Å². The Morgan fingerprint density at radius 1 is 0.591 bits per heavy atom. The first-order valence-corrected chi connectivity index (χ1v) is 23.1. The van der Waals surface area contributed by atoms with E-state index in [9.17, 15) is 0 Å². The fourth-order valence-corrected chi connectivity index (χ4v) is 8.93. The van der Waals surface area contributed by atoms with Crippen molar-refractivity contribution in [3.8, 4) is 28.4 Å². The molecule has 0 radical (unpaired) electrons. The summed E-state index contributed by atoms with van der Waals surface area (Å²) in [6.07, 6.45) is 1.94. The molecule has 0 saturated carbocycles. The molecule has 0 bridgehead atoms. The average molecular weight is 1050 g/mol. The van der Waals surface area contributed by atoms with Gasteiger partial charge < -0.3 is 19.1 Å². The Morgan fingerprint density at radius 2 is 1.30 bits per heavy atom. The molecule has 3 heterocycles. The minimum Gasteiger partial charge on any atom is -0.509 e. The monoisotopic (exact) mass is 1050 g/mol. The van der Waals surface area contributed by atoms with Crippen molar-refractivity contribution in [1.29, 1.82) is 0 Å². The summed E-state index contributed by atoms with van der Waals surface area (Å²) in [6.45, 7) is 31.9. The molecule has 1 aliphatic rings. The Bertz CT molecular complexity index is 3080. The summed E-state index contributed by atoms with van der Waals surface area (Å²) < 4.78 is 9.22. The maximum atomic E-state index is 6.99. The number of ether oxygens (including phenoxy) is 1. The van der Waals surface area contributed by atoms with E-state index < -0.39 is 0 Å². The van der Waals surface area contributed by atoms with Crippen LogP contribution in [0, 0.1) is 24.2 Å². The van der Waals surface area contributed by atoms with E-state index in [2.05, 4.69) is 245 Å². The second-order valence-electron chi connectivity index (χ2n) is 21.8. The van der Waals surface area contributed by atoms with Gasteiger partial charge in [-0.05, 0) is 103 Å². The van der Waals surface area contributed by atoms with Crippen molar-refractivity contribution in [1.82, 2.24) is 9.55 Å². The Balaban J connectivity index is 0.00000592. The van der Waals surface area contributed by atoms with Gasteiger partial charge in [-0.1, -0.05) is 156 Å². The van der Waals surface area contributed by atoms with Crippen molar-refractivity contribution < 1.29 is 25.8 Å². The number of anilines is 4. The summed E-state index contributed by atoms with van der Waals surface area (Å²) in [5.41, 5.74) is 13.4. The maximum absolute atomic E-state index is 6.99. The van der Waals surface area contributed by atoms with Crippen LogP contribution < -0.4 is 14.5 Å². The van der Waals surface area contributed by atoms with Gasteiger partial charge in [0.1, 0.15) is 5.82 Å². The van der Waals surface area contributed by atoms with E-state index in [-0.39, 0.29) is 42.7 Å². The Kier molecular flexibility index (Phi) is 12.2. The number of hydrogen-bond donors (Lipinski definition) is 0. The largest absolute Gasteiger partial charge is 0.509 e. The number of nitrogens with zero attached hydrogens (tertiary/aromatic N) is 4. The molecule has 66 heavy (non-hydrogen) atoms. The molecule has 8 aromatic rings. The molecule has 0 amide bonds. The maximum Gasteiger partial charge on any atom is 0.135 e. The summed E-state index contributed by atoms with van der Waals surface area (Å²) >= 11 is 0. The molecule has 0 atom stereocenters. The van der Waals surface area contributed by atoms with E-state index in [1.807, 2.05) is 12.3 Å². The zero-order valence-electron chi connectivity index (χ0n) is 40.9. The molecule has 0 aliphatic carbocycles. The Hall–Kier alpha value is -5.64. The van der Waals surface area contributed by atoms with E-state index in [1.54, 1.807) is 0 Å². The zero-order valence-corrected chi connectivity index (χ0v) is 43.1. The molecule has 6 aromatic carbocycles. The van der Waals surface area contributed by atoms with Gasteiger partial charge in [0.2, 0.25) is 0 Å². The predicted molar refractivity (Wildman–Crippen MR) is 274 cm³/mol. The minimum absolute atomic E-state index is 0. The quantitative estimate of drug-likeness (QED) is 0.142. The Labute approximate surface area is 408 Å². The molecule has 0 unspecified atom stereocenters. The van der Waals surface area contributed by atoms with Crippen LogP contribution in [0.25, 0.3) is 38.8 Å². The summed E-state index contributed by atoms with van der Waals surface area (Å²) in [5.74, 6) is 2.39. The van der Waals surface area contributed by atoms with E-state index in [1.165, 1.54) is 27.8 Å². The number of benzene rings is 6. The molecule has 6 heteroatoms. The van der Waals surface area contributed by atoms with E-state index in [4.69, 9.17) is 9.72 Å². The summed E-state index contributed by atoms with van der Waals surface area (Å²) in [5, 5.41) is 2.23. The van der Waals surface area contributed by atoms with Crippen molar-refractivity contribution in [2.75, 3.05) is 9.80 Å². The standard InChI is InChI=1S/C60H63N4O.Pt/c1-39(2)48-21-14-15-22-49(48)40-31-45(63-38-62(44-20-18-19-41(33-44)57(3,4)5)53-28-25-42(34-55(53)63)58(6,7)8)36-47(32-40)65-46-26-27-51-50-23-16-17-24-52(50)64(54(51)37-46)56-35-43(29-30-61-56)60(12,13)59(9,10)11;/h14-35,38-39H,1-13H3;/q-3;. The average Bonchev–Trinajstić information content (AvgIpc) is 3.81. The Morgan fingerprint density at radius 3 is 2.03 bits per heavy atom. The number of para-hydroxylation sites is 1. The van der Waals surface area contributed by atoms with E-state index in [0.717, 1.165) is 55.9 Å². The van der Waals surface area contributed by atoms with Gasteiger partial charge in [0.15, 0.2) is 0 Å². The van der Waals surface area contributed by atoms with E-state index in [0.29, 0.717) is 17.4 Å². The van der Waals surface area contributed by atoms with Gasteiger partial charge in [0.05, 0.1) is 0 Å². The molecule has 5 nitrogen and oxygen atoms in total. The first kappa shape index (κ1) is 46.9. The fraction of sp³-hybridized carbons (Fsp3) is 0.300. The van der Waals surface area contributed by atoms with Crippen LogP contribution in [0.4, 0.5) is 22.7 Å². The third kappa shape index (κ3) is 8.61. The summed E-state index contributed by atoms with van der Waals surface area (Å²) in [4.78, 5) is 9.58. The summed E-state index contributed by atoms with van der Waals surface area (Å²) in [6, 6.07) is 53.5. The first-order chi connectivity index (χ1) is 30.7. The van der Waals surface area contributed by atoms with Crippen molar-refractivity contribution in [3.63, 3.8) is 0 Å². The van der Waals surface area contributed by atoms with Crippen LogP contribution in [-0.4, -0.2) is 9.55 Å². The SMILES string of the molecule is CC(C)c1ccccc1-c1cc(Oc2[c-]c3c(cc2)c2ccccc2n3-c2cc(C(C)(C)C(C)(C)C)ccn2)[c-]c(N2[CH-]N(c3cccc(C(C)(C)C)c3)c3ccc(C(C)(C)C)cc32)c1.[Pt]. The van der Waals surface area contributed by atoms with Crippen LogP contribution in [0.2, 0.25) is 0 Å². The van der Waals surface area contributed by atoms with Crippen molar-refractivity contribution in [2.24, 2.45) is 5.41 Å². The van der Waals surface area contributed by atoms with Gasteiger partial charge in [-0.3, -0.25) is 0 Å². The molecule has 1 aliphatic heterocycles. The van der Waals surface area contributed by atoms with Gasteiger partial charge >= 0.3 is 0 Å². The van der Waals surface area contributed by atoms with Gasteiger partial charge in [0, 0.05) is 61.3 Å². The van der Waals surface area contributed by atoms with Crippen LogP contribution in [0.15, 0.2) is 134 Å². The smallest absolute Gasteiger partial charge is 0.135 e. The fourth-order valence-electron chi connectivity index (χ4n) is 8.93. The van der Waals surface area contributed by atoms with Gasteiger partial charge in [0.25, 0.3) is 0 Å². The third-order valence-electron chi connectivity index (χ3n) is 13.9. The molecule has 0 N–H and O–H groups in total. The number of aromatic nitrogens is 2. The minimum atomic E-state index is -0.0940. The second-order valence-corrected chi connectivity index (χ2v) is 21.8. The van der Waals surface area contributed by atoms with E-state index >= 15 is 0 Å². The van der Waals surface area contributed by atoms with Crippen LogP contribution in [-0.2, 0) is 37.3 Å². The molecule has 2 aromatic heterocycles. The normalized spacial score (nSPS) is 13.4. The molecule has 0 fully saturated rings. The number of hydrogen-bond acceptors (Lipinski definition) is 4. The second kappa shape index (κ2) is 17.2. The molecular weight excluding hydrogens is 988 g/mol. The first-order valence-electron chi connectivity index (χ1n) is 23.1. The number of rotatable bonds is 8. The van der Waals surface area contributed by atoms with Crippen molar-refractivity contribution >= 4 is 44.6 Å². The van der Waals surface area contributed by atoms with Crippen LogP contribution in [0.3, 0.4) is 0 Å². The van der Waals surface area contributed by atoms with Crippen molar-refractivity contribution in [3.05, 3.63) is 175 Å². The summed E-state index contributed by atoms with van der Waals surface area (Å²) in [7, 11) is 0. The molecule has 9 rings (SSSR count). The number of fused-ring (bicyclic) bond motifs is 4. The predicted octanol–water partition coefficient (Wildman–Crippen LogP) is 16.7.